The molecule has 0 amide bonds. The number of ether oxygens (including phenoxy) is 4. The molecule has 6 rings (SSSR count). The third-order valence-corrected chi connectivity index (χ3v) is 7.25. The number of ketones is 1. The molecule has 2 atom stereocenters. The number of methoxy groups -OCH3 is 1. The average molecular weight is 514 g/mol. The second-order valence-corrected chi connectivity index (χ2v) is 9.57. The number of hydrogen-bond donors (Lipinski definition) is 1. The highest BCUT2D eigenvalue weighted by Gasteiger charge is 2.42. The molecule has 0 bridgehead atoms. The van der Waals surface area contributed by atoms with Crippen LogP contribution in [0.1, 0.15) is 48.5 Å². The Kier molecular flexibility index (Phi) is 6.15. The Hall–Kier alpha value is -4.46. The van der Waals surface area contributed by atoms with Crippen molar-refractivity contribution in [1.29, 1.82) is 0 Å². The van der Waals surface area contributed by atoms with Crippen LogP contribution in [0, 0.1) is 0 Å². The van der Waals surface area contributed by atoms with Crippen LogP contribution in [0.15, 0.2) is 87.8 Å². The molecule has 0 radical (unpaired) electrons. The first-order valence-electron chi connectivity index (χ1n) is 12.5. The van der Waals surface area contributed by atoms with Gasteiger partial charge >= 0.3 is 5.97 Å². The number of benzene rings is 2. The molecule has 0 saturated carbocycles. The Morgan fingerprint density at radius 2 is 1.87 bits per heavy atom. The van der Waals surface area contributed by atoms with Crippen LogP contribution in [0.4, 0.5) is 0 Å². The first-order chi connectivity index (χ1) is 18.5. The molecule has 1 aliphatic carbocycles. The van der Waals surface area contributed by atoms with Crippen molar-refractivity contribution in [3.8, 4) is 17.2 Å². The van der Waals surface area contributed by atoms with Crippen LogP contribution in [-0.2, 0) is 20.9 Å². The molecule has 1 N–H and O–H groups in total. The van der Waals surface area contributed by atoms with E-state index in [0.717, 1.165) is 28.3 Å². The highest BCUT2D eigenvalue weighted by molar-refractivity contribution is 6.04. The minimum atomic E-state index is -0.603. The third-order valence-electron chi connectivity index (χ3n) is 7.25. The zero-order valence-electron chi connectivity index (χ0n) is 21.1. The standard InChI is InChI=1S/C30H27NO7/c1-17-27(30(33)36-15-18-5-8-21(34-2)9-6-18)28(19-7-10-25-26(14-19)38-16-37-25)29-22(31-17)12-20(13-23(29)32)24-4-3-11-35-24/h3-11,14,20,28,31H,12-13,15-16H2,1-2H3/t20-,28-/m1/s1. The number of dihydropyridines is 1. The van der Waals surface area contributed by atoms with E-state index in [1.165, 1.54) is 0 Å². The number of esters is 1. The summed E-state index contributed by atoms with van der Waals surface area (Å²) in [7, 11) is 1.60. The lowest BCUT2D eigenvalue weighted by atomic mass is 9.72. The minimum Gasteiger partial charge on any atom is -0.497 e. The number of carbonyl (C=O) groups is 2. The maximum absolute atomic E-state index is 13.7. The van der Waals surface area contributed by atoms with Gasteiger partial charge in [0.25, 0.3) is 0 Å². The fourth-order valence-corrected chi connectivity index (χ4v) is 5.41. The Balaban J connectivity index is 1.35. The molecule has 194 valence electrons. The number of nitrogens with one attached hydrogen (secondary N) is 1. The van der Waals surface area contributed by atoms with E-state index in [1.54, 1.807) is 13.4 Å². The molecular formula is C30H27NO7. The SMILES string of the molecule is COc1ccc(COC(=O)C2=C(C)NC3=C(C(=O)C[C@H](c4ccco4)C3)[C@@H]2c2ccc3c(c2)OCO3)cc1. The van der Waals surface area contributed by atoms with Gasteiger partial charge in [-0.2, -0.15) is 0 Å². The fraction of sp³-hybridized carbons (Fsp3) is 0.267. The molecule has 0 spiro atoms. The van der Waals surface area contributed by atoms with Gasteiger partial charge in [-0.05, 0) is 60.9 Å². The second kappa shape index (κ2) is 9.78. The summed E-state index contributed by atoms with van der Waals surface area (Å²) in [5.41, 5.74) is 4.03. The second-order valence-electron chi connectivity index (χ2n) is 9.57. The van der Waals surface area contributed by atoms with E-state index in [-0.39, 0.29) is 25.1 Å². The third kappa shape index (κ3) is 4.32. The molecule has 0 saturated heterocycles. The van der Waals surface area contributed by atoms with Crippen LogP contribution < -0.4 is 19.5 Å². The summed E-state index contributed by atoms with van der Waals surface area (Å²) < 4.78 is 27.7. The molecule has 3 aliphatic rings. The molecule has 3 aromatic rings. The van der Waals surface area contributed by atoms with Gasteiger partial charge in [-0.1, -0.05) is 18.2 Å². The van der Waals surface area contributed by atoms with Gasteiger partial charge in [0.15, 0.2) is 17.3 Å². The number of allylic oxidation sites excluding steroid dienone is 3. The van der Waals surface area contributed by atoms with Crippen LogP contribution in [-0.4, -0.2) is 25.7 Å². The number of carbonyl (C=O) groups excluding carboxylic acids is 2. The van der Waals surface area contributed by atoms with Crippen LogP contribution >= 0.6 is 0 Å². The van der Waals surface area contributed by atoms with Gasteiger partial charge in [-0.25, -0.2) is 4.79 Å². The number of hydrogen-bond acceptors (Lipinski definition) is 8. The molecule has 38 heavy (non-hydrogen) atoms. The Labute approximate surface area is 219 Å². The van der Waals surface area contributed by atoms with E-state index in [9.17, 15) is 9.59 Å². The van der Waals surface area contributed by atoms with Crippen molar-refractivity contribution < 1.29 is 33.0 Å². The molecule has 8 nitrogen and oxygen atoms in total. The van der Waals surface area contributed by atoms with Crippen molar-refractivity contribution in [3.63, 3.8) is 0 Å². The van der Waals surface area contributed by atoms with Crippen LogP contribution in [0.5, 0.6) is 17.2 Å². The number of fused-ring (bicyclic) bond motifs is 1. The lowest BCUT2D eigenvalue weighted by molar-refractivity contribution is -0.140. The lowest BCUT2D eigenvalue weighted by Gasteiger charge is -2.36. The Morgan fingerprint density at radius 3 is 2.63 bits per heavy atom. The van der Waals surface area contributed by atoms with Crippen LogP contribution in [0.25, 0.3) is 0 Å². The minimum absolute atomic E-state index is 0.0317. The van der Waals surface area contributed by atoms with Crippen LogP contribution in [0.2, 0.25) is 0 Å². The molecular weight excluding hydrogens is 486 g/mol. The highest BCUT2D eigenvalue weighted by atomic mass is 16.7. The molecule has 0 fully saturated rings. The van der Waals surface area contributed by atoms with Crippen molar-refractivity contribution in [2.45, 2.75) is 38.2 Å². The average Bonchev–Trinajstić information content (AvgIpc) is 3.63. The van der Waals surface area contributed by atoms with Crippen LogP contribution in [0.3, 0.4) is 0 Å². The summed E-state index contributed by atoms with van der Waals surface area (Å²) in [6, 6.07) is 16.6. The van der Waals surface area contributed by atoms with Crippen molar-refractivity contribution >= 4 is 11.8 Å². The van der Waals surface area contributed by atoms with Gasteiger partial charge in [0, 0.05) is 35.2 Å². The van der Waals surface area contributed by atoms with E-state index in [1.807, 2.05) is 61.5 Å². The fourth-order valence-electron chi connectivity index (χ4n) is 5.41. The number of furan rings is 1. The predicted molar refractivity (Wildman–Crippen MR) is 137 cm³/mol. The zero-order valence-corrected chi connectivity index (χ0v) is 21.1. The smallest absolute Gasteiger partial charge is 0.337 e. The molecule has 2 aromatic carbocycles. The van der Waals surface area contributed by atoms with E-state index in [4.69, 9.17) is 23.4 Å². The maximum atomic E-state index is 13.7. The highest BCUT2D eigenvalue weighted by Crippen LogP contribution is 2.47. The summed E-state index contributed by atoms with van der Waals surface area (Å²) in [5, 5.41) is 3.36. The summed E-state index contributed by atoms with van der Waals surface area (Å²) in [6.07, 6.45) is 2.51. The molecule has 3 heterocycles. The van der Waals surface area contributed by atoms with Crippen molar-refractivity contribution in [3.05, 3.63) is 100 Å². The van der Waals surface area contributed by atoms with Gasteiger partial charge in [-0.15, -0.1) is 0 Å². The summed E-state index contributed by atoms with van der Waals surface area (Å²) in [4.78, 5) is 27.3. The molecule has 1 aromatic heterocycles. The Bertz CT molecular complexity index is 1450. The quantitative estimate of drug-likeness (QED) is 0.454. The van der Waals surface area contributed by atoms with E-state index < -0.39 is 11.9 Å². The number of rotatable bonds is 6. The normalized spacial score (nSPS) is 20.2. The lowest BCUT2D eigenvalue weighted by Crippen LogP contribution is -2.36. The van der Waals surface area contributed by atoms with Gasteiger partial charge in [0.1, 0.15) is 18.1 Å². The van der Waals surface area contributed by atoms with Crippen molar-refractivity contribution in [1.82, 2.24) is 5.32 Å². The molecule has 0 unspecified atom stereocenters. The maximum Gasteiger partial charge on any atom is 0.337 e. The van der Waals surface area contributed by atoms with E-state index >= 15 is 0 Å². The zero-order chi connectivity index (χ0) is 26.2. The predicted octanol–water partition coefficient (Wildman–Crippen LogP) is 5.12. The van der Waals surface area contributed by atoms with E-state index in [0.29, 0.717) is 41.2 Å². The van der Waals surface area contributed by atoms with Gasteiger partial charge in [-0.3, -0.25) is 4.79 Å². The summed E-state index contributed by atoms with van der Waals surface area (Å²) in [6.45, 7) is 2.07. The summed E-state index contributed by atoms with van der Waals surface area (Å²) in [5.74, 6) is 1.53. The topological polar surface area (TPSA) is 96.2 Å². The monoisotopic (exact) mass is 513 g/mol. The first kappa shape index (κ1) is 23.9. The summed E-state index contributed by atoms with van der Waals surface area (Å²) >= 11 is 0. The first-order valence-corrected chi connectivity index (χ1v) is 12.5. The molecule has 8 heteroatoms. The van der Waals surface area contributed by atoms with Crippen molar-refractivity contribution in [2.24, 2.45) is 0 Å². The van der Waals surface area contributed by atoms with Gasteiger partial charge in [0.05, 0.1) is 18.9 Å². The number of Topliss-reactive ketones (excluding diaryl/α,β-unsaturated/α-hetero) is 1. The van der Waals surface area contributed by atoms with Gasteiger partial charge in [0.2, 0.25) is 6.79 Å². The largest absolute Gasteiger partial charge is 0.497 e. The molecule has 2 aliphatic heterocycles. The van der Waals surface area contributed by atoms with Gasteiger partial charge < -0.3 is 28.7 Å². The van der Waals surface area contributed by atoms with E-state index in [2.05, 4.69) is 5.32 Å². The van der Waals surface area contributed by atoms with Crippen molar-refractivity contribution in [2.75, 3.05) is 13.9 Å². The Morgan fingerprint density at radius 1 is 1.05 bits per heavy atom.